The van der Waals surface area contributed by atoms with Crippen LogP contribution >= 0.6 is 11.8 Å². The maximum absolute atomic E-state index is 3.89. The fraction of sp³-hybridized carbons (Fsp3) is 1.00. The Hall–Kier alpha value is 0.310. The van der Waals surface area contributed by atoms with E-state index in [1.807, 2.05) is 0 Å². The van der Waals surface area contributed by atoms with Gasteiger partial charge in [0.1, 0.15) is 0 Å². The van der Waals surface area contributed by atoms with Crippen LogP contribution in [0.1, 0.15) is 65.2 Å². The smallest absolute Gasteiger partial charge is 0.0281 e. The second-order valence-corrected chi connectivity index (χ2v) is 8.11. The molecule has 0 bridgehead atoms. The zero-order valence-corrected chi connectivity index (χ0v) is 13.3. The van der Waals surface area contributed by atoms with Crippen LogP contribution in [0.5, 0.6) is 0 Å². The Morgan fingerprint density at radius 3 is 2.22 bits per heavy atom. The topological polar surface area (TPSA) is 12.0 Å². The van der Waals surface area contributed by atoms with E-state index in [1.54, 1.807) is 0 Å². The molecule has 2 fully saturated rings. The minimum absolute atomic E-state index is 0.578. The van der Waals surface area contributed by atoms with Gasteiger partial charge in [0.05, 0.1) is 0 Å². The van der Waals surface area contributed by atoms with Gasteiger partial charge in [0, 0.05) is 17.3 Å². The normalized spacial score (nSPS) is 32.0. The minimum atomic E-state index is 0.578. The van der Waals surface area contributed by atoms with Crippen LogP contribution < -0.4 is 5.32 Å². The highest BCUT2D eigenvalue weighted by atomic mass is 32.2. The Balaban J connectivity index is 1.71. The summed E-state index contributed by atoms with van der Waals surface area (Å²) in [6.07, 6.45) is 13.8. The first-order chi connectivity index (χ1) is 8.65. The highest BCUT2D eigenvalue weighted by molar-refractivity contribution is 8.00. The quantitative estimate of drug-likeness (QED) is 0.790. The SMILES string of the molecule is CSC1(CNC2CCC(C(C)C)CC2)CCCC1. The fourth-order valence-electron chi connectivity index (χ4n) is 3.79. The highest BCUT2D eigenvalue weighted by Gasteiger charge is 2.33. The minimum Gasteiger partial charge on any atom is -0.313 e. The van der Waals surface area contributed by atoms with E-state index in [0.717, 1.165) is 17.9 Å². The lowest BCUT2D eigenvalue weighted by atomic mass is 9.79. The lowest BCUT2D eigenvalue weighted by molar-refractivity contribution is 0.236. The van der Waals surface area contributed by atoms with Gasteiger partial charge in [0.15, 0.2) is 0 Å². The third-order valence-electron chi connectivity index (χ3n) is 5.38. The van der Waals surface area contributed by atoms with Gasteiger partial charge in [-0.25, -0.2) is 0 Å². The molecule has 2 saturated carbocycles. The predicted octanol–water partition coefficient (Wildman–Crippen LogP) is 4.47. The second kappa shape index (κ2) is 6.65. The lowest BCUT2D eigenvalue weighted by Gasteiger charge is -2.34. The fourth-order valence-corrected chi connectivity index (χ4v) is 4.72. The van der Waals surface area contributed by atoms with Crippen molar-refractivity contribution in [3.63, 3.8) is 0 Å². The Morgan fingerprint density at radius 2 is 1.72 bits per heavy atom. The van der Waals surface area contributed by atoms with Crippen LogP contribution in [0.15, 0.2) is 0 Å². The zero-order chi connectivity index (χ0) is 13.0. The number of hydrogen-bond donors (Lipinski definition) is 1. The van der Waals surface area contributed by atoms with Crippen molar-refractivity contribution in [2.24, 2.45) is 11.8 Å². The molecule has 0 spiro atoms. The summed E-state index contributed by atoms with van der Waals surface area (Å²) < 4.78 is 0.578. The van der Waals surface area contributed by atoms with Gasteiger partial charge in [-0.05, 0) is 56.6 Å². The molecular formula is C16H31NS. The molecule has 0 amide bonds. The van der Waals surface area contributed by atoms with Crippen molar-refractivity contribution < 1.29 is 0 Å². The van der Waals surface area contributed by atoms with Crippen molar-refractivity contribution in [2.75, 3.05) is 12.8 Å². The molecule has 18 heavy (non-hydrogen) atoms. The summed E-state index contributed by atoms with van der Waals surface area (Å²) >= 11 is 2.11. The maximum Gasteiger partial charge on any atom is 0.0281 e. The summed E-state index contributed by atoms with van der Waals surface area (Å²) in [5.41, 5.74) is 0. The van der Waals surface area contributed by atoms with E-state index < -0.39 is 0 Å². The average Bonchev–Trinajstić information content (AvgIpc) is 2.86. The third kappa shape index (κ3) is 3.66. The van der Waals surface area contributed by atoms with Crippen LogP contribution in [0, 0.1) is 11.8 Å². The standard InChI is InChI=1S/C16H31NS/c1-13(2)14-6-8-15(9-7-14)17-12-16(18-3)10-4-5-11-16/h13-15,17H,4-12H2,1-3H3. The van der Waals surface area contributed by atoms with E-state index in [2.05, 4.69) is 37.2 Å². The summed E-state index contributed by atoms with van der Waals surface area (Å²) in [6, 6.07) is 0.810. The molecular weight excluding hydrogens is 238 g/mol. The number of thioether (sulfide) groups is 1. The predicted molar refractivity (Wildman–Crippen MR) is 83.3 cm³/mol. The van der Waals surface area contributed by atoms with Crippen LogP contribution in [-0.2, 0) is 0 Å². The van der Waals surface area contributed by atoms with Crippen molar-refractivity contribution in [3.8, 4) is 0 Å². The van der Waals surface area contributed by atoms with Crippen molar-refractivity contribution in [1.82, 2.24) is 5.32 Å². The van der Waals surface area contributed by atoms with Crippen LogP contribution in [-0.4, -0.2) is 23.6 Å². The molecule has 0 atom stereocenters. The van der Waals surface area contributed by atoms with Crippen molar-refractivity contribution in [3.05, 3.63) is 0 Å². The molecule has 0 heterocycles. The molecule has 0 aromatic carbocycles. The largest absolute Gasteiger partial charge is 0.313 e. The highest BCUT2D eigenvalue weighted by Crippen LogP contribution is 2.40. The van der Waals surface area contributed by atoms with Crippen LogP contribution in [0.4, 0.5) is 0 Å². The van der Waals surface area contributed by atoms with Gasteiger partial charge in [-0.1, -0.05) is 26.7 Å². The Bertz CT molecular complexity index is 237. The van der Waals surface area contributed by atoms with E-state index in [4.69, 9.17) is 0 Å². The Labute approximate surface area is 118 Å². The zero-order valence-electron chi connectivity index (χ0n) is 12.5. The molecule has 2 heteroatoms. The van der Waals surface area contributed by atoms with Gasteiger partial charge >= 0.3 is 0 Å². The van der Waals surface area contributed by atoms with Gasteiger partial charge in [-0.3, -0.25) is 0 Å². The van der Waals surface area contributed by atoms with Gasteiger partial charge in [-0.2, -0.15) is 11.8 Å². The first kappa shape index (κ1) is 14.7. The summed E-state index contributed by atoms with van der Waals surface area (Å²) in [4.78, 5) is 0. The van der Waals surface area contributed by atoms with Crippen molar-refractivity contribution in [1.29, 1.82) is 0 Å². The van der Waals surface area contributed by atoms with E-state index in [9.17, 15) is 0 Å². The Morgan fingerprint density at radius 1 is 1.11 bits per heavy atom. The molecule has 0 aromatic heterocycles. The Kier molecular flexibility index (Phi) is 5.44. The molecule has 2 rings (SSSR count). The van der Waals surface area contributed by atoms with Gasteiger partial charge in [-0.15, -0.1) is 0 Å². The van der Waals surface area contributed by atoms with E-state index in [1.165, 1.54) is 57.9 Å². The molecule has 2 aliphatic carbocycles. The van der Waals surface area contributed by atoms with Crippen LogP contribution in [0.3, 0.4) is 0 Å². The average molecular weight is 269 g/mol. The van der Waals surface area contributed by atoms with E-state index in [-0.39, 0.29) is 0 Å². The number of hydrogen-bond acceptors (Lipinski definition) is 2. The maximum atomic E-state index is 3.89. The van der Waals surface area contributed by atoms with Crippen molar-refractivity contribution in [2.45, 2.75) is 76.0 Å². The van der Waals surface area contributed by atoms with Crippen LogP contribution in [0.25, 0.3) is 0 Å². The van der Waals surface area contributed by atoms with Gasteiger partial charge in [0.25, 0.3) is 0 Å². The molecule has 1 N–H and O–H groups in total. The third-order valence-corrected chi connectivity index (χ3v) is 6.79. The molecule has 0 radical (unpaired) electrons. The summed E-state index contributed by atoms with van der Waals surface area (Å²) in [6.45, 7) is 6.03. The molecule has 0 aliphatic heterocycles. The summed E-state index contributed by atoms with van der Waals surface area (Å²) in [5, 5.41) is 3.89. The molecule has 1 nitrogen and oxygen atoms in total. The molecule has 0 aromatic rings. The van der Waals surface area contributed by atoms with Gasteiger partial charge < -0.3 is 5.32 Å². The lowest BCUT2D eigenvalue weighted by Crippen LogP contribution is -2.42. The monoisotopic (exact) mass is 269 g/mol. The molecule has 0 unspecified atom stereocenters. The molecule has 106 valence electrons. The van der Waals surface area contributed by atoms with Crippen LogP contribution in [0.2, 0.25) is 0 Å². The molecule has 2 aliphatic rings. The van der Waals surface area contributed by atoms with E-state index in [0.29, 0.717) is 4.75 Å². The van der Waals surface area contributed by atoms with E-state index >= 15 is 0 Å². The first-order valence-corrected chi connectivity index (χ1v) is 9.16. The molecule has 0 saturated heterocycles. The first-order valence-electron chi connectivity index (χ1n) is 7.94. The second-order valence-electron chi connectivity index (χ2n) is 6.83. The summed E-state index contributed by atoms with van der Waals surface area (Å²) in [7, 11) is 0. The number of nitrogens with one attached hydrogen (secondary N) is 1. The number of rotatable bonds is 5. The van der Waals surface area contributed by atoms with Crippen molar-refractivity contribution >= 4 is 11.8 Å². The summed E-state index contributed by atoms with van der Waals surface area (Å²) in [5.74, 6) is 1.88. The van der Waals surface area contributed by atoms with Gasteiger partial charge in [0.2, 0.25) is 0 Å².